The van der Waals surface area contributed by atoms with E-state index in [2.05, 4.69) is 24.7 Å². The number of alkyl halides is 2. The molecule has 1 aliphatic rings. The minimum absolute atomic E-state index is 0.00668. The van der Waals surface area contributed by atoms with E-state index in [9.17, 15) is 27.9 Å². The number of hydrogen-bond donors (Lipinski definition) is 7. The molecule has 0 radical (unpaired) electrons. The van der Waals surface area contributed by atoms with E-state index in [1.165, 1.54) is 24.9 Å². The largest absolute Gasteiger partial charge is 0.494 e. The third kappa shape index (κ3) is 7.94. The van der Waals surface area contributed by atoms with Gasteiger partial charge in [-0.15, -0.1) is 0 Å². The number of pyridine rings is 1. The minimum Gasteiger partial charge on any atom is -0.494 e. The summed E-state index contributed by atoms with van der Waals surface area (Å²) < 4.78 is 84.4. The second kappa shape index (κ2) is 14.9. The van der Waals surface area contributed by atoms with Gasteiger partial charge in [0.1, 0.15) is 23.8 Å². The van der Waals surface area contributed by atoms with Gasteiger partial charge >= 0.3 is 11.9 Å². The van der Waals surface area contributed by atoms with Crippen molar-refractivity contribution in [2.24, 2.45) is 5.73 Å². The number of nitrogens with two attached hydrogens (primary N) is 2. The van der Waals surface area contributed by atoms with Crippen molar-refractivity contribution in [1.82, 2.24) is 24.5 Å². The Hall–Kier alpha value is -5.18. The lowest BCUT2D eigenvalue weighted by molar-refractivity contribution is -0.165. The smallest absolute Gasteiger partial charge is 0.335 e. The number of carboxylic acids is 2. The van der Waals surface area contributed by atoms with Crippen molar-refractivity contribution in [2.75, 3.05) is 30.8 Å². The van der Waals surface area contributed by atoms with Gasteiger partial charge in [0.2, 0.25) is 0 Å². The highest BCUT2D eigenvalue weighted by atomic mass is 19.3. The Labute approximate surface area is 278 Å². The number of fused-ring (bicyclic) bond motifs is 1. The first-order valence-corrected chi connectivity index (χ1v) is 14.1. The van der Waals surface area contributed by atoms with E-state index in [1.54, 1.807) is 9.47 Å². The number of halogens is 4. The van der Waals surface area contributed by atoms with Crippen molar-refractivity contribution in [3.05, 3.63) is 54.2 Å². The fourth-order valence-electron chi connectivity index (χ4n) is 5.13. The standard InChI is InChI=1S/C25H26F4N8O2.C4H6O6/c1-39-19-7-15(26)14(6-16(19)27)17-5-13(9-37-12-35-20-23(30)33-11-34-24(20)37)18(8-32-17)36-4-2-3-25(31,10-36)21(38)22(28)29;5-1(3(7)8)2(6)4(9)10/h5-8,11-12,21-22,38H,2-4,9-10,31H2,1H3,(H2,30,33,34);1-2,5-6H,(H,7,8)(H,9,10)/t21-,25-;1-,2-/m11/s1/i1D3;. The molecular weight excluding hydrogens is 664 g/mol. The second-order valence-electron chi connectivity index (χ2n) is 11.0. The summed E-state index contributed by atoms with van der Waals surface area (Å²) in [5.41, 5.74) is 11.9. The van der Waals surface area contributed by atoms with Crippen LogP contribution < -0.4 is 21.1 Å². The number of piperidine rings is 1. The molecular formula is C29H32F4N8O8. The number of aliphatic hydroxyl groups is 3. The van der Waals surface area contributed by atoms with Gasteiger partial charge in [0.15, 0.2) is 35.2 Å². The molecule has 20 heteroatoms. The molecule has 0 unspecified atom stereocenters. The van der Waals surface area contributed by atoms with Crippen LogP contribution in [0.15, 0.2) is 37.1 Å². The number of rotatable bonds is 10. The molecule has 1 saturated heterocycles. The first-order chi connectivity index (χ1) is 24.2. The van der Waals surface area contributed by atoms with Gasteiger partial charge in [-0.05, 0) is 30.5 Å². The van der Waals surface area contributed by atoms with Crippen LogP contribution in [0.1, 0.15) is 22.5 Å². The maximum Gasteiger partial charge on any atom is 0.335 e. The van der Waals surface area contributed by atoms with E-state index >= 15 is 4.39 Å². The summed E-state index contributed by atoms with van der Waals surface area (Å²) in [5.74, 6) is -6.29. The number of carboxylic acid groups (broad SMARTS) is 2. The molecule has 0 bridgehead atoms. The van der Waals surface area contributed by atoms with Crippen molar-refractivity contribution < 1.29 is 61.5 Å². The number of carbonyl (C=O) groups is 2. The van der Waals surface area contributed by atoms with Crippen LogP contribution in [0.4, 0.5) is 29.1 Å². The van der Waals surface area contributed by atoms with Gasteiger partial charge in [-0.3, -0.25) is 4.98 Å². The summed E-state index contributed by atoms with van der Waals surface area (Å²) in [7, 11) is -2.99. The Morgan fingerprint density at radius 1 is 1.06 bits per heavy atom. The van der Waals surface area contributed by atoms with Crippen LogP contribution >= 0.6 is 0 Å². The molecule has 0 amide bonds. The number of ether oxygens (including phenoxy) is 1. The van der Waals surface area contributed by atoms with E-state index in [1.807, 2.05) is 0 Å². The molecule has 5 rings (SSSR count). The van der Waals surface area contributed by atoms with Crippen molar-refractivity contribution >= 4 is 34.6 Å². The number of benzene rings is 1. The molecule has 1 fully saturated rings. The maximum absolute atomic E-state index is 15.1. The van der Waals surface area contributed by atoms with Crippen molar-refractivity contribution in [3.63, 3.8) is 0 Å². The lowest BCUT2D eigenvalue weighted by Crippen LogP contribution is -2.63. The number of aliphatic hydroxyl groups excluding tert-OH is 3. The lowest BCUT2D eigenvalue weighted by Gasteiger charge is -2.44. The Morgan fingerprint density at radius 3 is 2.39 bits per heavy atom. The Bertz CT molecular complexity index is 1920. The highest BCUT2D eigenvalue weighted by Crippen LogP contribution is 2.35. The average molecular weight is 700 g/mol. The molecule has 0 aliphatic carbocycles. The monoisotopic (exact) mass is 699 g/mol. The third-order valence-electron chi connectivity index (χ3n) is 7.67. The predicted octanol–water partition coefficient (Wildman–Crippen LogP) is 0.607. The Balaban J connectivity index is 0.000000530. The van der Waals surface area contributed by atoms with E-state index < -0.39 is 66.6 Å². The van der Waals surface area contributed by atoms with E-state index in [-0.39, 0.29) is 36.6 Å². The SMILES string of the molecule is O=C(O)[C@H](O)[C@@H](O)C(=O)O.[2H]C([2H])([2H])Oc1cc(F)c(-c2cc(Cn3cnc4c(N)ncnc43)c(N3CCC[C@](N)([C@H](O)C(F)F)C3)cn2)cc1F. The summed E-state index contributed by atoms with van der Waals surface area (Å²) >= 11 is 0. The van der Waals surface area contributed by atoms with Gasteiger partial charge in [0.25, 0.3) is 6.43 Å². The zero-order valence-corrected chi connectivity index (χ0v) is 25.1. The minimum atomic E-state index is -3.05. The normalized spacial score (nSPS) is 19.2. The van der Waals surface area contributed by atoms with Crippen molar-refractivity contribution in [1.29, 1.82) is 0 Å². The summed E-state index contributed by atoms with van der Waals surface area (Å²) in [4.78, 5) is 37.9. The topological polar surface area (TPSA) is 256 Å². The molecule has 4 atom stereocenters. The van der Waals surface area contributed by atoms with Gasteiger partial charge in [-0.25, -0.2) is 42.1 Å². The summed E-state index contributed by atoms with van der Waals surface area (Å²) in [6.07, 6.45) is -5.00. The first kappa shape index (κ1) is 32.4. The number of methoxy groups -OCH3 is 1. The van der Waals surface area contributed by atoms with Gasteiger partial charge in [0, 0.05) is 24.7 Å². The maximum atomic E-state index is 15.1. The van der Waals surface area contributed by atoms with Crippen LogP contribution in [0.25, 0.3) is 22.4 Å². The van der Waals surface area contributed by atoms with Crippen LogP contribution in [0.5, 0.6) is 5.75 Å². The second-order valence-corrected chi connectivity index (χ2v) is 11.0. The van der Waals surface area contributed by atoms with Gasteiger partial charge in [-0.2, -0.15) is 0 Å². The van der Waals surface area contributed by atoms with Crippen LogP contribution in [0, 0.1) is 11.6 Å². The van der Waals surface area contributed by atoms with Crippen molar-refractivity contribution in [2.45, 2.75) is 49.7 Å². The van der Waals surface area contributed by atoms with Gasteiger partial charge in [-0.1, -0.05) is 0 Å². The number of nitrogen functional groups attached to an aromatic ring is 1. The Kier molecular flexibility index (Phi) is 9.86. The molecule has 264 valence electrons. The zero-order valence-electron chi connectivity index (χ0n) is 28.1. The zero-order chi connectivity index (χ0) is 38.7. The molecule has 1 aromatic carbocycles. The van der Waals surface area contributed by atoms with Crippen LogP contribution in [-0.2, 0) is 16.1 Å². The summed E-state index contributed by atoms with van der Waals surface area (Å²) in [5, 5.41) is 42.7. The molecule has 0 saturated carbocycles. The summed E-state index contributed by atoms with van der Waals surface area (Å²) in [6.45, 7) is 0.330. The predicted molar refractivity (Wildman–Crippen MR) is 163 cm³/mol. The number of aliphatic carboxylic acids is 2. The van der Waals surface area contributed by atoms with E-state index in [0.717, 1.165) is 6.07 Å². The van der Waals surface area contributed by atoms with Crippen LogP contribution in [0.3, 0.4) is 0 Å². The fourth-order valence-corrected chi connectivity index (χ4v) is 5.13. The molecule has 9 N–H and O–H groups in total. The average Bonchev–Trinajstić information content (AvgIpc) is 3.48. The van der Waals surface area contributed by atoms with E-state index in [0.29, 0.717) is 41.4 Å². The molecule has 3 aromatic heterocycles. The van der Waals surface area contributed by atoms with Crippen LogP contribution in [-0.4, -0.2) is 112 Å². The number of hydrogen-bond acceptors (Lipinski definition) is 13. The number of imidazole rings is 1. The highest BCUT2D eigenvalue weighted by molar-refractivity contribution is 5.83. The molecule has 4 aromatic rings. The molecule has 1 aliphatic heterocycles. The highest BCUT2D eigenvalue weighted by Gasteiger charge is 2.43. The van der Waals surface area contributed by atoms with E-state index in [4.69, 9.17) is 36.0 Å². The fraction of sp³-hybridized carbons (Fsp3) is 0.379. The van der Waals surface area contributed by atoms with Crippen molar-refractivity contribution in [3.8, 4) is 17.0 Å². The number of anilines is 2. The molecule has 16 nitrogen and oxygen atoms in total. The molecule has 49 heavy (non-hydrogen) atoms. The first-order valence-electron chi connectivity index (χ1n) is 15.6. The van der Waals surface area contributed by atoms with Gasteiger partial charge in [0.05, 0.1) is 47.1 Å². The van der Waals surface area contributed by atoms with Gasteiger partial charge < -0.3 is 51.2 Å². The summed E-state index contributed by atoms with van der Waals surface area (Å²) in [6, 6.07) is 2.87. The third-order valence-corrected chi connectivity index (χ3v) is 7.67. The lowest BCUT2D eigenvalue weighted by atomic mass is 9.84. The molecule has 4 heterocycles. The Morgan fingerprint density at radius 2 is 1.76 bits per heavy atom. The number of aromatic nitrogens is 5. The molecule has 0 spiro atoms. The quantitative estimate of drug-likeness (QED) is 0.112. The number of nitrogens with zero attached hydrogens (tertiary/aromatic N) is 6. The van der Waals surface area contributed by atoms with Crippen LogP contribution in [0.2, 0.25) is 0 Å².